The van der Waals surface area contributed by atoms with E-state index >= 15 is 0 Å². The van der Waals surface area contributed by atoms with Gasteiger partial charge < -0.3 is 24.6 Å². The molecule has 0 aliphatic carbocycles. The van der Waals surface area contributed by atoms with Crippen molar-refractivity contribution in [2.75, 3.05) is 50.7 Å². The van der Waals surface area contributed by atoms with Crippen LogP contribution in [0.5, 0.6) is 0 Å². The summed E-state index contributed by atoms with van der Waals surface area (Å²) in [5, 5.41) is 10.7. The topological polar surface area (TPSA) is 107 Å². The molecule has 4 rings (SSSR count). The Kier molecular flexibility index (Phi) is 6.41. The van der Waals surface area contributed by atoms with Gasteiger partial charge in [0.15, 0.2) is 5.69 Å². The quantitative estimate of drug-likeness (QED) is 0.372. The summed E-state index contributed by atoms with van der Waals surface area (Å²) in [5.41, 5.74) is 4.18. The third-order valence-electron chi connectivity index (χ3n) is 5.59. The number of nitrogens with one attached hydrogen (secondary N) is 1. The summed E-state index contributed by atoms with van der Waals surface area (Å²) < 4.78 is 5.21. The van der Waals surface area contributed by atoms with Crippen molar-refractivity contribution in [1.82, 2.24) is 19.9 Å². The number of carboxylic acid groups (broad SMARTS) is 1. The first-order valence-corrected chi connectivity index (χ1v) is 10.9. The maximum atomic E-state index is 11.8. The zero-order valence-corrected chi connectivity index (χ0v) is 19.3. The fourth-order valence-electron chi connectivity index (χ4n) is 3.87. The number of hydrogen-bond acceptors (Lipinski definition) is 7. The molecule has 4 aromatic rings. The van der Waals surface area contributed by atoms with Crippen LogP contribution in [0.25, 0.3) is 33.2 Å². The van der Waals surface area contributed by atoms with E-state index in [-0.39, 0.29) is 5.69 Å². The Morgan fingerprint density at radius 3 is 2.64 bits per heavy atom. The molecule has 0 amide bonds. The number of aromatic carboxylic acids is 1. The summed E-state index contributed by atoms with van der Waals surface area (Å²) in [6.07, 6.45) is 2.73. The molecule has 0 saturated carbocycles. The summed E-state index contributed by atoms with van der Waals surface area (Å²) in [4.78, 5) is 33.2. The van der Waals surface area contributed by atoms with E-state index < -0.39 is 5.97 Å². The van der Waals surface area contributed by atoms with Gasteiger partial charge in [0.2, 0.25) is 5.95 Å². The van der Waals surface area contributed by atoms with Gasteiger partial charge in [-0.25, -0.2) is 19.7 Å². The van der Waals surface area contributed by atoms with E-state index in [0.29, 0.717) is 35.0 Å². The van der Waals surface area contributed by atoms with Crippen molar-refractivity contribution in [3.8, 4) is 11.3 Å². The number of H-pyrrole nitrogens is 1. The molecule has 1 aromatic carbocycles. The number of benzene rings is 1. The van der Waals surface area contributed by atoms with Gasteiger partial charge in [0, 0.05) is 63.6 Å². The number of anilines is 2. The molecule has 2 N–H and O–H groups in total. The Labute approximate surface area is 192 Å². The molecule has 9 heteroatoms. The van der Waals surface area contributed by atoms with Crippen LogP contribution in [0.4, 0.5) is 11.6 Å². The molecular formula is C24H28N6O3. The number of aromatic amines is 1. The van der Waals surface area contributed by atoms with Crippen molar-refractivity contribution in [3.63, 3.8) is 0 Å². The summed E-state index contributed by atoms with van der Waals surface area (Å²) >= 11 is 0. The van der Waals surface area contributed by atoms with Gasteiger partial charge in [-0.15, -0.1) is 0 Å². The van der Waals surface area contributed by atoms with E-state index in [1.807, 2.05) is 49.5 Å². The highest BCUT2D eigenvalue weighted by atomic mass is 16.5. The molecule has 0 spiro atoms. The smallest absolute Gasteiger partial charge is 0.354 e. The van der Waals surface area contributed by atoms with Gasteiger partial charge in [-0.2, -0.15) is 0 Å². The highest BCUT2D eigenvalue weighted by molar-refractivity contribution is 6.01. The maximum absolute atomic E-state index is 11.8. The fraction of sp³-hybridized carbons (Fsp3) is 0.333. The van der Waals surface area contributed by atoms with Crippen LogP contribution in [0, 0.1) is 0 Å². The molecule has 0 aliphatic heterocycles. The third-order valence-corrected chi connectivity index (χ3v) is 5.59. The summed E-state index contributed by atoms with van der Waals surface area (Å²) in [6.45, 7) is 4.17. The van der Waals surface area contributed by atoms with Crippen LogP contribution in [-0.4, -0.2) is 71.9 Å². The molecule has 3 heterocycles. The molecule has 9 nitrogen and oxygen atoms in total. The molecular weight excluding hydrogens is 420 g/mol. The van der Waals surface area contributed by atoms with Gasteiger partial charge in [0.05, 0.1) is 5.69 Å². The van der Waals surface area contributed by atoms with Gasteiger partial charge >= 0.3 is 5.97 Å². The van der Waals surface area contributed by atoms with E-state index in [4.69, 9.17) is 14.7 Å². The monoisotopic (exact) mass is 448 g/mol. The van der Waals surface area contributed by atoms with Crippen molar-refractivity contribution in [2.24, 2.45) is 0 Å². The average Bonchev–Trinajstić information content (AvgIpc) is 3.28. The Balaban J connectivity index is 1.99. The molecule has 0 saturated heterocycles. The molecule has 3 aromatic heterocycles. The normalized spacial score (nSPS) is 11.3. The number of nitrogens with zero attached hydrogens (tertiary/aromatic N) is 5. The lowest BCUT2D eigenvalue weighted by molar-refractivity contribution is 0.0691. The molecule has 0 unspecified atom stereocenters. The van der Waals surface area contributed by atoms with Crippen molar-refractivity contribution in [3.05, 3.63) is 42.2 Å². The Hall–Kier alpha value is -3.72. The van der Waals surface area contributed by atoms with Crippen molar-refractivity contribution < 1.29 is 14.6 Å². The first-order chi connectivity index (χ1) is 15.9. The number of methoxy groups -OCH3 is 1. The van der Waals surface area contributed by atoms with Crippen molar-refractivity contribution >= 4 is 39.5 Å². The number of carboxylic acids is 1. The SMILES string of the molecule is CCN(CCCOC)c1nc(-c2ccc3[nH]ccc3c2)c2nc(C(=O)O)cc(N(C)C)c2n1. The van der Waals surface area contributed by atoms with Gasteiger partial charge in [0.1, 0.15) is 16.7 Å². The van der Waals surface area contributed by atoms with Gasteiger partial charge in [0.25, 0.3) is 0 Å². The predicted molar refractivity (Wildman–Crippen MR) is 130 cm³/mol. The minimum absolute atomic E-state index is 0.0426. The second-order valence-electron chi connectivity index (χ2n) is 8.00. The minimum atomic E-state index is -1.09. The van der Waals surface area contributed by atoms with Crippen LogP contribution in [0.3, 0.4) is 0 Å². The molecule has 172 valence electrons. The van der Waals surface area contributed by atoms with E-state index in [9.17, 15) is 9.90 Å². The van der Waals surface area contributed by atoms with E-state index in [0.717, 1.165) is 36.0 Å². The average molecular weight is 449 g/mol. The number of rotatable bonds is 9. The van der Waals surface area contributed by atoms with Crippen LogP contribution < -0.4 is 9.80 Å². The lowest BCUT2D eigenvalue weighted by Crippen LogP contribution is -2.27. The molecule has 0 aliphatic rings. The van der Waals surface area contributed by atoms with E-state index in [2.05, 4.69) is 21.8 Å². The summed E-state index contributed by atoms with van der Waals surface area (Å²) in [6, 6.07) is 9.54. The zero-order chi connectivity index (χ0) is 23.5. The second kappa shape index (κ2) is 9.41. The molecule has 0 bridgehead atoms. The van der Waals surface area contributed by atoms with Crippen LogP contribution in [0.15, 0.2) is 36.5 Å². The molecule has 33 heavy (non-hydrogen) atoms. The first kappa shape index (κ1) is 22.5. The molecule has 0 atom stereocenters. The number of ether oxygens (including phenoxy) is 1. The predicted octanol–water partition coefficient (Wildman–Crippen LogP) is 3.80. The third kappa shape index (κ3) is 4.45. The highest BCUT2D eigenvalue weighted by Crippen LogP contribution is 2.33. The molecule has 0 radical (unpaired) electrons. The number of carbonyl (C=O) groups is 1. The van der Waals surface area contributed by atoms with Gasteiger partial charge in [-0.3, -0.25) is 0 Å². The first-order valence-electron chi connectivity index (χ1n) is 10.9. The van der Waals surface area contributed by atoms with Crippen LogP contribution in [-0.2, 0) is 4.74 Å². The highest BCUT2D eigenvalue weighted by Gasteiger charge is 2.21. The van der Waals surface area contributed by atoms with Crippen molar-refractivity contribution in [1.29, 1.82) is 0 Å². The fourth-order valence-corrected chi connectivity index (χ4v) is 3.87. The largest absolute Gasteiger partial charge is 0.477 e. The number of hydrogen-bond donors (Lipinski definition) is 2. The number of fused-ring (bicyclic) bond motifs is 2. The van der Waals surface area contributed by atoms with Gasteiger partial charge in [-0.05, 0) is 37.6 Å². The minimum Gasteiger partial charge on any atom is -0.477 e. The van der Waals surface area contributed by atoms with Crippen molar-refractivity contribution in [2.45, 2.75) is 13.3 Å². The second-order valence-corrected chi connectivity index (χ2v) is 8.00. The maximum Gasteiger partial charge on any atom is 0.354 e. The van der Waals surface area contributed by atoms with E-state index in [1.54, 1.807) is 13.2 Å². The lowest BCUT2D eigenvalue weighted by atomic mass is 10.1. The van der Waals surface area contributed by atoms with Crippen LogP contribution >= 0.6 is 0 Å². The standard InChI is InChI=1S/C24H28N6O3/c1-5-30(11-6-12-33-4)24-27-20(16-7-8-17-15(13-16)9-10-25-17)22-21(28-24)19(29(2)3)14-18(26-22)23(31)32/h7-10,13-14,25H,5-6,11-12H2,1-4H3,(H,31,32). The Bertz CT molecular complexity index is 1300. The summed E-state index contributed by atoms with van der Waals surface area (Å²) in [5.74, 6) is -0.510. The number of pyridine rings is 1. The zero-order valence-electron chi connectivity index (χ0n) is 19.3. The summed E-state index contributed by atoms with van der Waals surface area (Å²) in [7, 11) is 5.42. The molecule has 0 fully saturated rings. The Morgan fingerprint density at radius 1 is 1.12 bits per heavy atom. The Morgan fingerprint density at radius 2 is 1.94 bits per heavy atom. The lowest BCUT2D eigenvalue weighted by Gasteiger charge is -2.23. The van der Waals surface area contributed by atoms with Crippen LogP contribution in [0.2, 0.25) is 0 Å². The van der Waals surface area contributed by atoms with Crippen LogP contribution in [0.1, 0.15) is 23.8 Å². The van der Waals surface area contributed by atoms with Gasteiger partial charge in [-0.1, -0.05) is 6.07 Å². The number of aromatic nitrogens is 4. The van der Waals surface area contributed by atoms with E-state index in [1.165, 1.54) is 0 Å².